The smallest absolute Gasteiger partial charge is 0.429 e. The van der Waals surface area contributed by atoms with E-state index < -0.39 is 23.3 Å². The monoisotopic (exact) mass is 508 g/mol. The van der Waals surface area contributed by atoms with E-state index in [-0.39, 0.29) is 23.3 Å². The van der Waals surface area contributed by atoms with E-state index in [1.165, 1.54) is 31.7 Å². The summed E-state index contributed by atoms with van der Waals surface area (Å²) in [6.45, 7) is 2.15. The summed E-state index contributed by atoms with van der Waals surface area (Å²) >= 11 is 0. The Hall–Kier alpha value is -1.82. The summed E-state index contributed by atoms with van der Waals surface area (Å²) in [7, 11) is 1.64. The molecule has 0 spiro atoms. The molecule has 36 heavy (non-hydrogen) atoms. The molecule has 1 aromatic rings. The summed E-state index contributed by atoms with van der Waals surface area (Å²) in [5, 5.41) is 0. The molecule has 2 saturated carbocycles. The molecule has 0 bridgehead atoms. The van der Waals surface area contributed by atoms with Crippen molar-refractivity contribution in [2.75, 3.05) is 7.11 Å². The van der Waals surface area contributed by atoms with Gasteiger partial charge in [-0.2, -0.15) is 8.78 Å². The molecule has 0 saturated heterocycles. The van der Waals surface area contributed by atoms with Crippen LogP contribution < -0.4 is 0 Å². The first-order valence-electron chi connectivity index (χ1n) is 13.8. The van der Waals surface area contributed by atoms with Crippen LogP contribution in [-0.4, -0.2) is 13.2 Å². The highest BCUT2D eigenvalue weighted by atomic mass is 19.3. The van der Waals surface area contributed by atoms with Crippen molar-refractivity contribution in [1.82, 2.24) is 0 Å². The number of halogens is 4. The van der Waals surface area contributed by atoms with Crippen molar-refractivity contribution in [2.24, 2.45) is 17.8 Å². The van der Waals surface area contributed by atoms with Crippen molar-refractivity contribution in [3.63, 3.8) is 0 Å². The van der Waals surface area contributed by atoms with E-state index in [9.17, 15) is 17.6 Å². The molecule has 0 radical (unpaired) electrons. The molecule has 0 N–H and O–H groups in total. The molecule has 0 aromatic heterocycles. The molecule has 1 unspecified atom stereocenters. The van der Waals surface area contributed by atoms with Gasteiger partial charge in [0.2, 0.25) is 0 Å². The zero-order valence-corrected chi connectivity index (χ0v) is 21.6. The molecular weight excluding hydrogens is 468 g/mol. The Morgan fingerprint density at radius 2 is 1.64 bits per heavy atom. The molecule has 0 heterocycles. The summed E-state index contributed by atoms with van der Waals surface area (Å²) in [6.07, 6.45) is 13.0. The maximum atomic E-state index is 15.0. The van der Waals surface area contributed by atoms with Gasteiger partial charge in [0.25, 0.3) is 0 Å². The molecule has 6 heteroatoms. The van der Waals surface area contributed by atoms with E-state index in [0.717, 1.165) is 31.7 Å². The number of alkyl halides is 2. The van der Waals surface area contributed by atoms with Gasteiger partial charge in [-0.3, -0.25) is 0 Å². The minimum absolute atomic E-state index is 0.118. The van der Waals surface area contributed by atoms with Crippen LogP contribution in [0.5, 0.6) is 0 Å². The van der Waals surface area contributed by atoms with E-state index in [2.05, 4.69) is 19.1 Å². The van der Waals surface area contributed by atoms with Crippen LogP contribution in [0.15, 0.2) is 36.1 Å². The third kappa shape index (κ3) is 6.35. The number of methoxy groups -OCH3 is 1. The number of hydrogen-bond acceptors (Lipinski definition) is 2. The molecule has 0 aliphatic heterocycles. The lowest BCUT2D eigenvalue weighted by molar-refractivity contribution is -0.228. The van der Waals surface area contributed by atoms with Crippen molar-refractivity contribution in [2.45, 2.75) is 102 Å². The standard InChI is InChI=1S/C30H40F4O2/c1-3-4-5-20-6-8-21(9-7-20)22-10-16-25(17-11-22)36-30(33,34)27-19-18-26(28(31)29(27)32)23-12-14-24(35-2)15-13-23/h4-5,16,18-24H,3,6-15,17H2,1-2H3. The van der Waals surface area contributed by atoms with Gasteiger partial charge in [-0.15, -0.1) is 0 Å². The lowest BCUT2D eigenvalue weighted by Crippen LogP contribution is -2.25. The van der Waals surface area contributed by atoms with Gasteiger partial charge in [0.1, 0.15) is 5.56 Å². The van der Waals surface area contributed by atoms with Crippen molar-refractivity contribution < 1.29 is 27.0 Å². The average Bonchev–Trinajstić information content (AvgIpc) is 2.89. The Labute approximate surface area is 213 Å². The number of benzene rings is 1. The van der Waals surface area contributed by atoms with Gasteiger partial charge < -0.3 is 9.47 Å². The zero-order valence-electron chi connectivity index (χ0n) is 21.6. The van der Waals surface area contributed by atoms with Gasteiger partial charge in [-0.1, -0.05) is 25.1 Å². The van der Waals surface area contributed by atoms with Gasteiger partial charge in [-0.05, 0) is 112 Å². The second kappa shape index (κ2) is 12.1. The lowest BCUT2D eigenvalue weighted by Gasteiger charge is -2.35. The molecule has 3 aliphatic carbocycles. The molecular formula is C30H40F4O2. The molecule has 0 amide bonds. The Bertz CT molecular complexity index is 925. The van der Waals surface area contributed by atoms with Crippen LogP contribution in [0.25, 0.3) is 0 Å². The van der Waals surface area contributed by atoms with Gasteiger partial charge in [0.15, 0.2) is 11.6 Å². The molecule has 4 rings (SSSR count). The Balaban J connectivity index is 1.35. The highest BCUT2D eigenvalue weighted by Gasteiger charge is 2.41. The van der Waals surface area contributed by atoms with E-state index in [0.29, 0.717) is 43.4 Å². The number of allylic oxidation sites excluding steroid dienone is 4. The number of ether oxygens (including phenoxy) is 2. The molecule has 2 fully saturated rings. The summed E-state index contributed by atoms with van der Waals surface area (Å²) in [5.74, 6) is -0.938. The first-order valence-corrected chi connectivity index (χ1v) is 13.8. The van der Waals surface area contributed by atoms with Crippen LogP contribution in [0.4, 0.5) is 17.6 Å². The van der Waals surface area contributed by atoms with Crippen LogP contribution in [0, 0.1) is 29.4 Å². The Morgan fingerprint density at radius 1 is 0.917 bits per heavy atom. The first-order chi connectivity index (χ1) is 17.3. The summed E-state index contributed by atoms with van der Waals surface area (Å²) < 4.78 is 70.0. The van der Waals surface area contributed by atoms with Crippen molar-refractivity contribution in [3.05, 3.63) is 58.9 Å². The zero-order chi connectivity index (χ0) is 25.7. The summed E-state index contributed by atoms with van der Waals surface area (Å²) in [4.78, 5) is 0. The normalized spacial score (nSPS) is 29.8. The van der Waals surface area contributed by atoms with E-state index in [1.807, 2.05) is 0 Å². The minimum atomic E-state index is -3.92. The van der Waals surface area contributed by atoms with E-state index >= 15 is 0 Å². The lowest BCUT2D eigenvalue weighted by atomic mass is 9.72. The van der Waals surface area contributed by atoms with Crippen molar-refractivity contribution >= 4 is 0 Å². The molecule has 2 nitrogen and oxygen atoms in total. The van der Waals surface area contributed by atoms with Crippen LogP contribution in [-0.2, 0) is 15.6 Å². The van der Waals surface area contributed by atoms with Crippen LogP contribution >= 0.6 is 0 Å². The largest absolute Gasteiger partial charge is 0.434 e. The number of rotatable bonds is 8. The highest BCUT2D eigenvalue weighted by Crippen LogP contribution is 2.43. The summed E-state index contributed by atoms with van der Waals surface area (Å²) in [6, 6.07) is 2.30. The van der Waals surface area contributed by atoms with Gasteiger partial charge >= 0.3 is 6.11 Å². The SMILES string of the molecule is CCC=CC1CCC(C2CC=C(OC(F)(F)c3ccc(C4CCC(OC)CC4)c(F)c3F)CC2)CC1. The van der Waals surface area contributed by atoms with Crippen LogP contribution in [0.2, 0.25) is 0 Å². The second-order valence-electron chi connectivity index (χ2n) is 10.9. The highest BCUT2D eigenvalue weighted by molar-refractivity contribution is 5.31. The third-order valence-corrected chi connectivity index (χ3v) is 8.67. The fourth-order valence-electron chi connectivity index (χ4n) is 6.42. The van der Waals surface area contributed by atoms with E-state index in [4.69, 9.17) is 9.47 Å². The third-order valence-electron chi connectivity index (χ3n) is 8.67. The van der Waals surface area contributed by atoms with Crippen LogP contribution in [0.3, 0.4) is 0 Å². The molecule has 1 atom stereocenters. The number of hydrogen-bond donors (Lipinski definition) is 0. The predicted molar refractivity (Wildman–Crippen MR) is 134 cm³/mol. The minimum Gasteiger partial charge on any atom is -0.434 e. The maximum Gasteiger partial charge on any atom is 0.429 e. The summed E-state index contributed by atoms with van der Waals surface area (Å²) in [5.41, 5.74) is -0.864. The average molecular weight is 509 g/mol. The van der Waals surface area contributed by atoms with Gasteiger partial charge in [-0.25, -0.2) is 8.78 Å². The Morgan fingerprint density at radius 3 is 2.25 bits per heavy atom. The second-order valence-corrected chi connectivity index (χ2v) is 10.9. The Kier molecular flexibility index (Phi) is 9.19. The molecule has 3 aliphatic rings. The fraction of sp³-hybridized carbons (Fsp3) is 0.667. The van der Waals surface area contributed by atoms with Crippen molar-refractivity contribution in [3.8, 4) is 0 Å². The topological polar surface area (TPSA) is 18.5 Å². The fourth-order valence-corrected chi connectivity index (χ4v) is 6.42. The first kappa shape index (κ1) is 27.2. The van der Waals surface area contributed by atoms with Gasteiger partial charge in [0, 0.05) is 13.5 Å². The quantitative estimate of drug-likeness (QED) is 0.257. The predicted octanol–water partition coefficient (Wildman–Crippen LogP) is 9.16. The molecule has 1 aromatic carbocycles. The molecule has 200 valence electrons. The maximum absolute atomic E-state index is 15.0. The van der Waals surface area contributed by atoms with Crippen molar-refractivity contribution in [1.29, 1.82) is 0 Å². The van der Waals surface area contributed by atoms with Crippen LogP contribution in [0.1, 0.15) is 101 Å². The van der Waals surface area contributed by atoms with E-state index in [1.54, 1.807) is 13.2 Å². The van der Waals surface area contributed by atoms with Gasteiger partial charge in [0.05, 0.1) is 11.9 Å².